The van der Waals surface area contributed by atoms with Crippen LogP contribution in [0.15, 0.2) is 35.1 Å². The molecule has 2 aromatic rings. The van der Waals surface area contributed by atoms with E-state index in [0.29, 0.717) is 25.9 Å². The Hall–Kier alpha value is -2.90. The molecule has 2 aliphatic rings. The number of likely N-dealkylation sites (tertiary alicyclic amines) is 1. The van der Waals surface area contributed by atoms with Crippen LogP contribution in [-0.2, 0) is 9.59 Å². The highest BCUT2D eigenvalue weighted by Crippen LogP contribution is 2.28. The Morgan fingerprint density at radius 3 is 2.52 bits per heavy atom. The number of nitrogens with one attached hydrogen (secondary N) is 2. The highest BCUT2D eigenvalue weighted by atomic mass is 16.2. The number of carbonyl (C=O) groups is 2. The summed E-state index contributed by atoms with van der Waals surface area (Å²) in [7, 11) is 0. The first-order valence-electron chi connectivity index (χ1n) is 9.41. The Labute approximate surface area is 156 Å². The lowest BCUT2D eigenvalue weighted by molar-refractivity contribution is -0.132. The van der Waals surface area contributed by atoms with Gasteiger partial charge < -0.3 is 10.2 Å². The topological polar surface area (TPSA) is 100 Å². The molecule has 1 aromatic carbocycles. The van der Waals surface area contributed by atoms with E-state index >= 15 is 0 Å². The SMILES string of the molecule is O=C1CC[C@@H](CC(=O)N2CCC(c3n[nH]c(=O)n3-c3ccccc3)CC2)N1. The van der Waals surface area contributed by atoms with E-state index in [2.05, 4.69) is 15.5 Å². The number of aromatic nitrogens is 3. The van der Waals surface area contributed by atoms with Crippen LogP contribution < -0.4 is 11.0 Å². The van der Waals surface area contributed by atoms with Gasteiger partial charge in [-0.05, 0) is 31.4 Å². The number of para-hydroxylation sites is 1. The third-order valence-corrected chi connectivity index (χ3v) is 5.43. The summed E-state index contributed by atoms with van der Waals surface area (Å²) in [5, 5.41) is 9.66. The number of benzene rings is 1. The van der Waals surface area contributed by atoms with E-state index in [4.69, 9.17) is 0 Å². The number of aromatic amines is 1. The number of carbonyl (C=O) groups excluding carboxylic acids is 2. The van der Waals surface area contributed by atoms with Crippen molar-refractivity contribution in [2.45, 2.75) is 44.1 Å². The van der Waals surface area contributed by atoms with Gasteiger partial charge in [0.25, 0.3) is 0 Å². The molecule has 2 amide bonds. The smallest absolute Gasteiger partial charge is 0.347 e. The average molecular weight is 369 g/mol. The van der Waals surface area contributed by atoms with Gasteiger partial charge in [0.1, 0.15) is 5.82 Å². The summed E-state index contributed by atoms with van der Waals surface area (Å²) >= 11 is 0. The van der Waals surface area contributed by atoms with Crippen molar-refractivity contribution in [1.29, 1.82) is 0 Å². The molecule has 2 aliphatic heterocycles. The van der Waals surface area contributed by atoms with E-state index in [1.54, 1.807) is 4.57 Å². The lowest BCUT2D eigenvalue weighted by Gasteiger charge is -2.32. The molecule has 0 radical (unpaired) electrons. The third-order valence-electron chi connectivity index (χ3n) is 5.43. The predicted octanol–water partition coefficient (Wildman–Crippen LogP) is 0.935. The van der Waals surface area contributed by atoms with Crippen LogP contribution in [0.5, 0.6) is 0 Å². The standard InChI is InChI=1S/C19H23N5O3/c25-16-7-6-14(20-16)12-17(26)23-10-8-13(9-11-23)18-21-22-19(27)24(18)15-4-2-1-3-5-15/h1-5,13-14H,6-12H2,(H,20,25)(H,22,27)/t14-/m0/s1. The monoisotopic (exact) mass is 369 g/mol. The number of hydrogen-bond donors (Lipinski definition) is 2. The van der Waals surface area contributed by atoms with Gasteiger partial charge in [-0.3, -0.25) is 9.59 Å². The van der Waals surface area contributed by atoms with Crippen LogP contribution in [0, 0.1) is 0 Å². The van der Waals surface area contributed by atoms with Gasteiger partial charge in [0.05, 0.1) is 5.69 Å². The first kappa shape index (κ1) is 17.5. The summed E-state index contributed by atoms with van der Waals surface area (Å²) in [6.45, 7) is 1.28. The van der Waals surface area contributed by atoms with Crippen molar-refractivity contribution in [3.63, 3.8) is 0 Å². The van der Waals surface area contributed by atoms with Crippen LogP contribution in [0.4, 0.5) is 0 Å². The quantitative estimate of drug-likeness (QED) is 0.837. The molecule has 2 saturated heterocycles. The highest BCUT2D eigenvalue weighted by Gasteiger charge is 2.30. The third kappa shape index (κ3) is 3.65. The second kappa shape index (κ2) is 7.38. The molecule has 3 heterocycles. The molecule has 1 atom stereocenters. The fourth-order valence-electron chi connectivity index (χ4n) is 3.97. The van der Waals surface area contributed by atoms with Gasteiger partial charge in [-0.2, -0.15) is 5.10 Å². The number of nitrogens with zero attached hydrogens (tertiary/aromatic N) is 3. The Kier molecular flexibility index (Phi) is 4.79. The second-order valence-corrected chi connectivity index (χ2v) is 7.22. The molecule has 142 valence electrons. The summed E-state index contributed by atoms with van der Waals surface area (Å²) in [4.78, 5) is 37.9. The van der Waals surface area contributed by atoms with E-state index < -0.39 is 0 Å². The molecule has 27 heavy (non-hydrogen) atoms. The first-order chi connectivity index (χ1) is 13.1. The number of rotatable bonds is 4. The lowest BCUT2D eigenvalue weighted by Crippen LogP contribution is -2.41. The highest BCUT2D eigenvalue weighted by molar-refractivity contribution is 5.82. The average Bonchev–Trinajstić information content (AvgIpc) is 3.28. The van der Waals surface area contributed by atoms with Crippen LogP contribution >= 0.6 is 0 Å². The van der Waals surface area contributed by atoms with Crippen molar-refractivity contribution in [3.05, 3.63) is 46.6 Å². The van der Waals surface area contributed by atoms with E-state index in [9.17, 15) is 14.4 Å². The summed E-state index contributed by atoms with van der Waals surface area (Å²) in [5.74, 6) is 0.966. The Balaban J connectivity index is 1.41. The fraction of sp³-hybridized carbons (Fsp3) is 0.474. The molecule has 0 spiro atoms. The zero-order valence-electron chi connectivity index (χ0n) is 15.1. The van der Waals surface area contributed by atoms with Crippen molar-refractivity contribution in [2.75, 3.05) is 13.1 Å². The molecule has 0 bridgehead atoms. The number of H-pyrrole nitrogens is 1. The van der Waals surface area contributed by atoms with Crippen LogP contribution in [0.1, 0.15) is 43.8 Å². The summed E-state index contributed by atoms with van der Waals surface area (Å²) in [6, 6.07) is 9.43. The minimum absolute atomic E-state index is 0.0303. The molecule has 0 aliphatic carbocycles. The normalized spacial score (nSPS) is 20.7. The maximum absolute atomic E-state index is 12.5. The van der Waals surface area contributed by atoms with Crippen molar-refractivity contribution >= 4 is 11.8 Å². The van der Waals surface area contributed by atoms with Crippen LogP contribution in [0.25, 0.3) is 5.69 Å². The van der Waals surface area contributed by atoms with E-state index in [1.807, 2.05) is 35.2 Å². The largest absolute Gasteiger partial charge is 0.353 e. The van der Waals surface area contributed by atoms with E-state index in [0.717, 1.165) is 30.8 Å². The van der Waals surface area contributed by atoms with E-state index in [-0.39, 0.29) is 29.5 Å². The van der Waals surface area contributed by atoms with Crippen molar-refractivity contribution in [3.8, 4) is 5.69 Å². The van der Waals surface area contributed by atoms with Gasteiger partial charge in [-0.1, -0.05) is 18.2 Å². The lowest BCUT2D eigenvalue weighted by atomic mass is 9.95. The van der Waals surface area contributed by atoms with Crippen LogP contribution in [0.3, 0.4) is 0 Å². The molecule has 0 saturated carbocycles. The molecule has 0 unspecified atom stereocenters. The Morgan fingerprint density at radius 1 is 1.11 bits per heavy atom. The zero-order valence-corrected chi connectivity index (χ0v) is 15.1. The maximum atomic E-state index is 12.5. The summed E-state index contributed by atoms with van der Waals surface area (Å²) in [5.41, 5.74) is 0.549. The summed E-state index contributed by atoms with van der Waals surface area (Å²) in [6.07, 6.45) is 3.14. The van der Waals surface area contributed by atoms with Gasteiger partial charge in [0, 0.05) is 37.9 Å². The van der Waals surface area contributed by atoms with Crippen molar-refractivity contribution in [2.24, 2.45) is 0 Å². The maximum Gasteiger partial charge on any atom is 0.347 e. The van der Waals surface area contributed by atoms with Crippen LogP contribution in [-0.4, -0.2) is 50.6 Å². The Morgan fingerprint density at radius 2 is 1.85 bits per heavy atom. The van der Waals surface area contributed by atoms with Crippen LogP contribution in [0.2, 0.25) is 0 Å². The molecular weight excluding hydrogens is 346 g/mol. The predicted molar refractivity (Wildman–Crippen MR) is 98.5 cm³/mol. The molecule has 4 rings (SSSR count). The molecule has 8 nitrogen and oxygen atoms in total. The zero-order chi connectivity index (χ0) is 18.8. The number of piperidine rings is 1. The minimum Gasteiger partial charge on any atom is -0.353 e. The van der Waals surface area contributed by atoms with Crippen molar-refractivity contribution < 1.29 is 9.59 Å². The fourth-order valence-corrected chi connectivity index (χ4v) is 3.97. The van der Waals surface area contributed by atoms with Gasteiger partial charge in [-0.15, -0.1) is 0 Å². The second-order valence-electron chi connectivity index (χ2n) is 7.22. The Bertz CT molecular complexity index is 880. The first-order valence-corrected chi connectivity index (χ1v) is 9.41. The molecule has 2 fully saturated rings. The minimum atomic E-state index is -0.244. The van der Waals surface area contributed by atoms with Gasteiger partial charge in [-0.25, -0.2) is 14.5 Å². The van der Waals surface area contributed by atoms with Gasteiger partial charge in [0.2, 0.25) is 11.8 Å². The van der Waals surface area contributed by atoms with Gasteiger partial charge >= 0.3 is 5.69 Å². The van der Waals surface area contributed by atoms with E-state index in [1.165, 1.54) is 0 Å². The van der Waals surface area contributed by atoms with Crippen molar-refractivity contribution in [1.82, 2.24) is 25.0 Å². The number of hydrogen-bond acceptors (Lipinski definition) is 4. The molecule has 2 N–H and O–H groups in total. The summed E-state index contributed by atoms with van der Waals surface area (Å²) < 4.78 is 1.62. The number of amides is 2. The molecule has 8 heteroatoms. The van der Waals surface area contributed by atoms with Gasteiger partial charge in [0.15, 0.2) is 0 Å². The molecule has 1 aromatic heterocycles. The molecular formula is C19H23N5O3.